The van der Waals surface area contributed by atoms with Gasteiger partial charge >= 0.3 is 46.0 Å². The predicted octanol–water partition coefficient (Wildman–Crippen LogP) is -2.23. The third-order valence-electron chi connectivity index (χ3n) is 0. The second-order valence-electron chi connectivity index (χ2n) is 1.34. The topological polar surface area (TPSA) is 121 Å². The molecule has 66 valence electrons. The average molecular weight is 233 g/mol. The van der Waals surface area contributed by atoms with Gasteiger partial charge in [-0.05, 0) is 0 Å². The summed E-state index contributed by atoms with van der Waals surface area (Å²) in [7, 11) is -4.99. The molecule has 0 saturated carbocycles. The van der Waals surface area contributed by atoms with Crippen LogP contribution in [0, 0.1) is 0 Å². The molecule has 0 aliphatic rings. The summed E-state index contributed by atoms with van der Waals surface area (Å²) in [5.74, 6) is 0. The molecule has 0 aliphatic heterocycles. The van der Waals surface area contributed by atoms with E-state index in [1.54, 1.807) is 0 Å². The van der Waals surface area contributed by atoms with Crippen molar-refractivity contribution >= 4 is 22.6 Å². The first-order valence-corrected chi connectivity index (χ1v) is 5.25. The van der Waals surface area contributed by atoms with Gasteiger partial charge in [-0.15, -0.1) is 12.4 Å². The fourth-order valence-electron chi connectivity index (χ4n) is 0. The molecule has 0 bridgehead atoms. The quantitative estimate of drug-likeness (QED) is 0.281. The van der Waals surface area contributed by atoms with Crippen molar-refractivity contribution in [3.63, 3.8) is 0 Å². The van der Waals surface area contributed by atoms with E-state index in [0.717, 1.165) is 0 Å². The maximum absolute atomic E-state index is 8.75. The molecule has 0 aromatic rings. The Balaban J connectivity index is 0. The van der Waals surface area contributed by atoms with Crippen molar-refractivity contribution in [2.75, 3.05) is 0 Å². The zero-order valence-electron chi connectivity index (χ0n) is 3.80. The minimum atomic E-state index is -8.75. The van der Waals surface area contributed by atoms with E-state index in [4.69, 9.17) is 25.3 Å². The molecule has 0 aliphatic carbocycles. The molecule has 0 heterocycles. The van der Waals surface area contributed by atoms with Gasteiger partial charge in [-0.3, -0.25) is 0 Å². The molecule has 0 rings (SSSR count). The summed E-state index contributed by atoms with van der Waals surface area (Å²) < 4.78 is 45.6. The molecule has 0 unspecified atom stereocenters. The average Bonchev–Trinajstić information content (AvgIpc) is 0.544. The van der Waals surface area contributed by atoms with Crippen LogP contribution in [0.4, 0.5) is 0 Å². The normalized spacial score (nSPS) is 24.1. The Labute approximate surface area is 58.8 Å². The number of halogens is 2. The van der Waals surface area contributed by atoms with Crippen LogP contribution >= 0.6 is 22.6 Å². The molecule has 6 N–H and O–H groups in total. The van der Waals surface area contributed by atoms with Gasteiger partial charge in [0.15, 0.2) is 0 Å². The van der Waals surface area contributed by atoms with Gasteiger partial charge < -0.3 is 0 Å². The van der Waals surface area contributed by atoms with Crippen LogP contribution in [-0.2, 0) is 10.5 Å². The van der Waals surface area contributed by atoms with E-state index in [0.29, 0.717) is 0 Å². The monoisotopic (exact) mass is 232 g/mol. The Morgan fingerprint density at radius 3 is 0.778 bits per heavy atom. The summed E-state index contributed by atoms with van der Waals surface area (Å²) in [6.07, 6.45) is 0. The van der Waals surface area contributed by atoms with Crippen molar-refractivity contribution in [3.05, 3.63) is 0 Å². The molecule has 0 spiro atoms. The van der Waals surface area contributed by atoms with Gasteiger partial charge in [-0.25, -0.2) is 0 Å². The van der Waals surface area contributed by atoms with E-state index in [9.17, 15) is 0 Å². The number of hydrogen-bond donors (Lipinski definition) is 6. The van der Waals surface area contributed by atoms with Gasteiger partial charge in [-0.2, -0.15) is 0 Å². The van der Waals surface area contributed by atoms with Crippen LogP contribution in [0.3, 0.4) is 0 Å². The van der Waals surface area contributed by atoms with E-state index < -0.39 is 10.5 Å². The summed E-state index contributed by atoms with van der Waals surface area (Å²) in [4.78, 5) is 0. The van der Waals surface area contributed by atoms with Crippen molar-refractivity contribution in [2.45, 2.75) is 0 Å². The fraction of sp³-hybridized carbons (Fsp3) is 0. The van der Waals surface area contributed by atoms with Crippen LogP contribution < -0.4 is 0 Å². The Hall–Kier alpha value is 0.846. The molecule has 6 nitrogen and oxygen atoms in total. The molecule has 0 radical (unpaired) electrons. The van der Waals surface area contributed by atoms with Gasteiger partial charge in [0, 0.05) is 0 Å². The Bertz CT molecular complexity index is 103. The summed E-state index contributed by atoms with van der Waals surface area (Å²) >= 11 is 0. The Morgan fingerprint density at radius 1 is 0.778 bits per heavy atom. The van der Waals surface area contributed by atoms with E-state index in [2.05, 4.69) is 10.1 Å². The zero-order valence-corrected chi connectivity index (χ0v) is 6.42. The molecule has 0 saturated heterocycles. The van der Waals surface area contributed by atoms with E-state index >= 15 is 0 Å². The molecule has 0 atom stereocenters. The minimum absolute atomic E-state index is 0. The summed E-state index contributed by atoms with van der Waals surface area (Å²) in [5, 5.41) is 0. The van der Waals surface area contributed by atoms with Crippen LogP contribution in [0.1, 0.15) is 0 Å². The standard InChI is InChI=1S/2ClH.Co.6H2O/h2*1H;;6*1H2/q;;+7;;;;;;/p-7. The van der Waals surface area contributed by atoms with E-state index in [-0.39, 0.29) is 12.4 Å². The molecule has 0 fully saturated rings. The van der Waals surface area contributed by atoms with Crippen molar-refractivity contribution < 1.29 is 35.9 Å². The van der Waals surface area contributed by atoms with Gasteiger partial charge in [0.25, 0.3) is 0 Å². The van der Waals surface area contributed by atoms with Crippen molar-refractivity contribution in [2.24, 2.45) is 0 Å². The molecular formula is H7Cl2CoO6. The maximum atomic E-state index is 7.59. The number of hydrogen-bond acceptors (Lipinski definition) is 6. The molecular weight excluding hydrogens is 226 g/mol. The first kappa shape index (κ1) is 12.5. The van der Waals surface area contributed by atoms with Crippen LogP contribution in [-0.4, -0.2) is 25.3 Å². The zero-order chi connectivity index (χ0) is 7.38. The van der Waals surface area contributed by atoms with Crippen molar-refractivity contribution in [1.29, 1.82) is 0 Å². The third-order valence-corrected chi connectivity index (χ3v) is 0. The number of rotatable bonds is 0. The molecule has 9 heavy (non-hydrogen) atoms. The first-order valence-electron chi connectivity index (χ1n) is 1.02. The molecule has 9 heteroatoms. The Morgan fingerprint density at radius 2 is 0.778 bits per heavy atom. The second kappa shape index (κ2) is 1.14. The van der Waals surface area contributed by atoms with Crippen molar-refractivity contribution in [3.8, 4) is 0 Å². The molecule has 0 aromatic carbocycles. The SMILES string of the molecule is Cl.[OH][Co]([OH])([OH])([OH])([OH])([OH])[Cl]. The third kappa shape index (κ3) is 579. The van der Waals surface area contributed by atoms with Crippen LogP contribution in [0.5, 0.6) is 0 Å². The summed E-state index contributed by atoms with van der Waals surface area (Å²) in [5.41, 5.74) is 0. The Kier molecular flexibility index (Phi) is 1.59. The van der Waals surface area contributed by atoms with E-state index in [1.807, 2.05) is 0 Å². The van der Waals surface area contributed by atoms with Crippen molar-refractivity contribution in [1.82, 2.24) is 0 Å². The predicted molar refractivity (Wildman–Crippen MR) is 26.4 cm³/mol. The van der Waals surface area contributed by atoms with Gasteiger partial charge in [0.1, 0.15) is 0 Å². The molecule has 0 amide bonds. The summed E-state index contributed by atoms with van der Waals surface area (Å²) in [6, 6.07) is 0. The van der Waals surface area contributed by atoms with Crippen LogP contribution in [0.25, 0.3) is 0 Å². The fourth-order valence-corrected chi connectivity index (χ4v) is 0. The van der Waals surface area contributed by atoms with Gasteiger partial charge in [-0.1, -0.05) is 0 Å². The van der Waals surface area contributed by atoms with Gasteiger partial charge in [0.2, 0.25) is 0 Å². The first-order chi connectivity index (χ1) is 2.65. The summed E-state index contributed by atoms with van der Waals surface area (Å²) in [6.45, 7) is 0. The van der Waals surface area contributed by atoms with Gasteiger partial charge in [0.05, 0.1) is 0 Å². The van der Waals surface area contributed by atoms with Crippen LogP contribution in [0.15, 0.2) is 0 Å². The second-order valence-corrected chi connectivity index (χ2v) is 8.30. The van der Waals surface area contributed by atoms with E-state index in [1.165, 1.54) is 0 Å². The van der Waals surface area contributed by atoms with Crippen LogP contribution in [0.2, 0.25) is 0 Å². The molecule has 0 aromatic heterocycles.